The van der Waals surface area contributed by atoms with Gasteiger partial charge in [-0.3, -0.25) is 9.59 Å². The summed E-state index contributed by atoms with van der Waals surface area (Å²) in [5.41, 5.74) is 1.13. The van der Waals surface area contributed by atoms with E-state index in [9.17, 15) is 14.4 Å². The van der Waals surface area contributed by atoms with E-state index in [4.69, 9.17) is 5.11 Å². The normalized spacial score (nSPS) is 18.3. The third-order valence-corrected chi connectivity index (χ3v) is 4.25. The molecule has 0 spiro atoms. The summed E-state index contributed by atoms with van der Waals surface area (Å²) in [6.07, 6.45) is 0.152. The number of halogens is 1. The minimum atomic E-state index is -1.09. The van der Waals surface area contributed by atoms with E-state index in [1.54, 1.807) is 32.0 Å². The zero-order valence-electron chi connectivity index (χ0n) is 13.3. The van der Waals surface area contributed by atoms with E-state index in [1.165, 1.54) is 5.01 Å². The predicted molar refractivity (Wildman–Crippen MR) is 92.7 cm³/mol. The SMILES string of the molecule is CC[C@@H](NC(=O)CC1C(=O)N(c2cccc(Br)c2)N=C1C)C(=O)O. The van der Waals surface area contributed by atoms with E-state index in [0.29, 0.717) is 11.4 Å². The molecule has 0 fully saturated rings. The van der Waals surface area contributed by atoms with Crippen LogP contribution in [0.5, 0.6) is 0 Å². The molecule has 0 aliphatic carbocycles. The number of nitrogens with zero attached hydrogens (tertiary/aromatic N) is 2. The number of hydrogen-bond donors (Lipinski definition) is 2. The number of carboxylic acid groups (broad SMARTS) is 1. The molecule has 0 saturated heterocycles. The van der Waals surface area contributed by atoms with Gasteiger partial charge in [-0.25, -0.2) is 9.80 Å². The summed E-state index contributed by atoms with van der Waals surface area (Å²) >= 11 is 3.34. The van der Waals surface area contributed by atoms with Crippen LogP contribution in [0.1, 0.15) is 26.7 Å². The van der Waals surface area contributed by atoms with Gasteiger partial charge in [0.1, 0.15) is 6.04 Å². The van der Waals surface area contributed by atoms with Crippen LogP contribution in [0, 0.1) is 5.92 Å². The maximum Gasteiger partial charge on any atom is 0.326 e. The number of anilines is 1. The van der Waals surface area contributed by atoms with Crippen molar-refractivity contribution in [3.05, 3.63) is 28.7 Å². The minimum Gasteiger partial charge on any atom is -0.480 e. The largest absolute Gasteiger partial charge is 0.480 e. The molecule has 2 atom stereocenters. The summed E-state index contributed by atoms with van der Waals surface area (Å²) in [5.74, 6) is -2.56. The first-order valence-corrected chi connectivity index (χ1v) is 8.29. The van der Waals surface area contributed by atoms with Crippen LogP contribution in [0.25, 0.3) is 0 Å². The molecule has 1 aliphatic rings. The lowest BCUT2D eigenvalue weighted by molar-refractivity contribution is -0.142. The Bertz CT molecular complexity index is 704. The van der Waals surface area contributed by atoms with Gasteiger partial charge in [0.15, 0.2) is 0 Å². The smallest absolute Gasteiger partial charge is 0.326 e. The van der Waals surface area contributed by atoms with Crippen LogP contribution in [0.2, 0.25) is 0 Å². The monoisotopic (exact) mass is 395 g/mol. The molecule has 24 heavy (non-hydrogen) atoms. The van der Waals surface area contributed by atoms with Gasteiger partial charge >= 0.3 is 5.97 Å². The number of rotatable bonds is 6. The topological polar surface area (TPSA) is 99.1 Å². The third kappa shape index (κ3) is 4.00. The number of carbonyl (C=O) groups excluding carboxylic acids is 2. The van der Waals surface area contributed by atoms with Gasteiger partial charge in [-0.15, -0.1) is 0 Å². The van der Waals surface area contributed by atoms with Gasteiger partial charge in [-0.2, -0.15) is 5.10 Å². The standard InChI is InChI=1S/C16H18BrN3O4/c1-3-13(16(23)24)18-14(21)8-12-9(2)19-20(15(12)22)11-6-4-5-10(17)7-11/h4-7,12-13H,3,8H2,1-2H3,(H,18,21)(H,23,24)/t12?,13-/m1/s1. The van der Waals surface area contributed by atoms with E-state index in [2.05, 4.69) is 26.3 Å². The molecule has 2 rings (SSSR count). The van der Waals surface area contributed by atoms with E-state index >= 15 is 0 Å². The number of hydrogen-bond acceptors (Lipinski definition) is 4. The Hall–Kier alpha value is -2.22. The van der Waals surface area contributed by atoms with Gasteiger partial charge in [0.25, 0.3) is 5.91 Å². The Morgan fingerprint density at radius 1 is 1.46 bits per heavy atom. The summed E-state index contributed by atoms with van der Waals surface area (Å²) in [6, 6.07) is 6.18. The van der Waals surface area contributed by atoms with Crippen molar-refractivity contribution in [2.24, 2.45) is 11.0 Å². The highest BCUT2D eigenvalue weighted by Gasteiger charge is 2.36. The summed E-state index contributed by atoms with van der Waals surface area (Å²) in [4.78, 5) is 35.6. The number of carboxylic acids is 1. The van der Waals surface area contributed by atoms with Gasteiger partial charge in [-0.05, 0) is 31.5 Å². The highest BCUT2D eigenvalue weighted by molar-refractivity contribution is 9.10. The maximum absolute atomic E-state index is 12.6. The van der Waals surface area contributed by atoms with Gasteiger partial charge in [0.2, 0.25) is 5.91 Å². The minimum absolute atomic E-state index is 0.123. The van der Waals surface area contributed by atoms with Crippen LogP contribution in [-0.2, 0) is 14.4 Å². The van der Waals surface area contributed by atoms with Gasteiger partial charge in [0, 0.05) is 16.6 Å². The van der Waals surface area contributed by atoms with Crippen molar-refractivity contribution < 1.29 is 19.5 Å². The molecule has 8 heteroatoms. The quantitative estimate of drug-likeness (QED) is 0.770. The highest BCUT2D eigenvalue weighted by atomic mass is 79.9. The molecule has 1 heterocycles. The predicted octanol–water partition coefficient (Wildman–Crippen LogP) is 2.16. The fraction of sp³-hybridized carbons (Fsp3) is 0.375. The summed E-state index contributed by atoms with van der Waals surface area (Å²) in [6.45, 7) is 3.35. The van der Waals surface area contributed by atoms with Crippen LogP contribution in [0.3, 0.4) is 0 Å². The summed E-state index contributed by atoms with van der Waals surface area (Å²) in [7, 11) is 0. The third-order valence-electron chi connectivity index (χ3n) is 3.75. The highest BCUT2D eigenvalue weighted by Crippen LogP contribution is 2.27. The molecule has 0 radical (unpaired) electrons. The van der Waals surface area contributed by atoms with E-state index in [0.717, 1.165) is 4.47 Å². The van der Waals surface area contributed by atoms with E-state index in [-0.39, 0.29) is 18.7 Å². The van der Waals surface area contributed by atoms with Crippen LogP contribution >= 0.6 is 15.9 Å². The van der Waals surface area contributed by atoms with Gasteiger partial charge in [0.05, 0.1) is 11.6 Å². The zero-order chi connectivity index (χ0) is 17.9. The second-order valence-electron chi connectivity index (χ2n) is 5.49. The number of carbonyl (C=O) groups is 3. The zero-order valence-corrected chi connectivity index (χ0v) is 14.9. The first-order chi connectivity index (χ1) is 11.3. The molecule has 2 amide bonds. The Labute approximate surface area is 147 Å². The second-order valence-corrected chi connectivity index (χ2v) is 6.41. The number of amides is 2. The van der Waals surface area contributed by atoms with Crippen molar-refractivity contribution in [3.63, 3.8) is 0 Å². The van der Waals surface area contributed by atoms with Crippen molar-refractivity contribution in [3.8, 4) is 0 Å². The molecule has 7 nitrogen and oxygen atoms in total. The number of benzene rings is 1. The van der Waals surface area contributed by atoms with E-state index < -0.39 is 23.8 Å². The summed E-state index contributed by atoms with van der Waals surface area (Å²) in [5, 5.41) is 16.9. The Morgan fingerprint density at radius 3 is 2.75 bits per heavy atom. The van der Waals surface area contributed by atoms with Crippen molar-refractivity contribution in [2.45, 2.75) is 32.7 Å². The van der Waals surface area contributed by atoms with Crippen molar-refractivity contribution in [2.75, 3.05) is 5.01 Å². The summed E-state index contributed by atoms with van der Waals surface area (Å²) < 4.78 is 0.814. The van der Waals surface area contributed by atoms with Crippen molar-refractivity contribution in [1.29, 1.82) is 0 Å². The van der Waals surface area contributed by atoms with Crippen molar-refractivity contribution in [1.82, 2.24) is 5.32 Å². The molecule has 0 saturated carbocycles. The fourth-order valence-corrected chi connectivity index (χ4v) is 2.80. The molecule has 1 aromatic rings. The molecule has 1 aliphatic heterocycles. The molecule has 128 valence electrons. The number of hydrazone groups is 1. The first-order valence-electron chi connectivity index (χ1n) is 7.50. The molecule has 0 bridgehead atoms. The van der Waals surface area contributed by atoms with E-state index in [1.807, 2.05) is 6.07 Å². The Balaban J connectivity index is 2.08. The molecule has 0 aromatic heterocycles. The number of nitrogens with one attached hydrogen (secondary N) is 1. The van der Waals surface area contributed by atoms with Crippen LogP contribution in [-0.4, -0.2) is 34.6 Å². The lowest BCUT2D eigenvalue weighted by atomic mass is 9.99. The Morgan fingerprint density at radius 2 is 2.17 bits per heavy atom. The maximum atomic E-state index is 12.6. The molecular weight excluding hydrogens is 378 g/mol. The lowest BCUT2D eigenvalue weighted by Crippen LogP contribution is -2.42. The average Bonchev–Trinajstić information content (AvgIpc) is 2.80. The molecule has 1 aromatic carbocycles. The van der Waals surface area contributed by atoms with Crippen LogP contribution < -0.4 is 10.3 Å². The molecule has 2 N–H and O–H groups in total. The van der Waals surface area contributed by atoms with Crippen LogP contribution in [0.4, 0.5) is 5.69 Å². The Kier molecular flexibility index (Phi) is 5.71. The van der Waals surface area contributed by atoms with Crippen LogP contribution in [0.15, 0.2) is 33.8 Å². The average molecular weight is 396 g/mol. The van der Waals surface area contributed by atoms with Crippen molar-refractivity contribution >= 4 is 45.1 Å². The fourth-order valence-electron chi connectivity index (χ4n) is 2.41. The molecular formula is C16H18BrN3O4. The van der Waals surface area contributed by atoms with Gasteiger partial charge < -0.3 is 10.4 Å². The first kappa shape index (κ1) is 18.1. The lowest BCUT2D eigenvalue weighted by Gasteiger charge is -2.16. The second kappa shape index (κ2) is 7.57. The molecule has 1 unspecified atom stereocenters. The van der Waals surface area contributed by atoms with Gasteiger partial charge in [-0.1, -0.05) is 28.9 Å². The number of aliphatic carboxylic acids is 1.